The third-order valence-electron chi connectivity index (χ3n) is 2.59. The summed E-state index contributed by atoms with van der Waals surface area (Å²) in [6.45, 7) is 6.82. The first-order valence-electron chi connectivity index (χ1n) is 5.72. The largest absolute Gasteiger partial charge is 0.478 e. The van der Waals surface area contributed by atoms with E-state index in [1.807, 2.05) is 13.8 Å². The molecule has 0 fully saturated rings. The van der Waals surface area contributed by atoms with Crippen LogP contribution in [0.2, 0.25) is 0 Å². The molecule has 1 heterocycles. The highest BCUT2D eigenvalue weighted by Crippen LogP contribution is 2.24. The van der Waals surface area contributed by atoms with E-state index in [-0.39, 0.29) is 18.0 Å². The highest BCUT2D eigenvalue weighted by atomic mass is 32.1. The Kier molecular flexibility index (Phi) is 5.08. The number of carbonyl (C=O) groups excluding carboxylic acids is 1. The number of carboxylic acid groups (broad SMARTS) is 1. The summed E-state index contributed by atoms with van der Waals surface area (Å²) in [6.07, 6.45) is 0. The minimum atomic E-state index is -1.03. The molecule has 0 atom stereocenters. The summed E-state index contributed by atoms with van der Waals surface area (Å²) in [6, 6.07) is 0. The zero-order valence-corrected chi connectivity index (χ0v) is 11.5. The van der Waals surface area contributed by atoms with Crippen molar-refractivity contribution in [2.45, 2.75) is 20.8 Å². The second-order valence-corrected chi connectivity index (χ2v) is 4.47. The third-order valence-corrected chi connectivity index (χ3v) is 3.49. The molecule has 6 nitrogen and oxygen atoms in total. The van der Waals surface area contributed by atoms with E-state index in [4.69, 9.17) is 5.11 Å². The molecular formula is C11H17N3O3S. The Labute approximate surface area is 110 Å². The van der Waals surface area contributed by atoms with Gasteiger partial charge in [-0.15, -0.1) is 0 Å². The van der Waals surface area contributed by atoms with Crippen LogP contribution in [0.25, 0.3) is 0 Å². The van der Waals surface area contributed by atoms with Gasteiger partial charge in [-0.3, -0.25) is 4.79 Å². The molecule has 0 unspecified atom stereocenters. The molecule has 18 heavy (non-hydrogen) atoms. The van der Waals surface area contributed by atoms with Gasteiger partial charge in [-0.2, -0.15) is 4.37 Å². The molecule has 0 spiro atoms. The first-order chi connectivity index (χ1) is 8.51. The molecule has 2 N–H and O–H groups in total. The van der Waals surface area contributed by atoms with E-state index in [1.165, 1.54) is 0 Å². The van der Waals surface area contributed by atoms with Crippen LogP contribution in [0.15, 0.2) is 0 Å². The fraction of sp³-hybridized carbons (Fsp3) is 0.545. The molecule has 0 aliphatic heterocycles. The van der Waals surface area contributed by atoms with Gasteiger partial charge >= 0.3 is 5.97 Å². The van der Waals surface area contributed by atoms with E-state index >= 15 is 0 Å². The lowest BCUT2D eigenvalue weighted by Crippen LogP contribution is -2.35. The van der Waals surface area contributed by atoms with Crippen molar-refractivity contribution in [2.75, 3.05) is 25.0 Å². The molecule has 0 aliphatic carbocycles. The van der Waals surface area contributed by atoms with Crippen molar-refractivity contribution in [2.24, 2.45) is 0 Å². The van der Waals surface area contributed by atoms with Crippen LogP contribution in [0.5, 0.6) is 0 Å². The predicted molar refractivity (Wildman–Crippen MR) is 70.2 cm³/mol. The lowest BCUT2D eigenvalue weighted by atomic mass is 10.2. The Bertz CT molecular complexity index is 441. The van der Waals surface area contributed by atoms with Crippen molar-refractivity contribution in [3.63, 3.8) is 0 Å². The summed E-state index contributed by atoms with van der Waals surface area (Å²) in [4.78, 5) is 24.5. The lowest BCUT2D eigenvalue weighted by molar-refractivity contribution is -0.128. The number of nitrogens with zero attached hydrogens (tertiary/aromatic N) is 2. The van der Waals surface area contributed by atoms with Crippen molar-refractivity contribution in [3.05, 3.63) is 11.3 Å². The van der Waals surface area contributed by atoms with Gasteiger partial charge in [-0.1, -0.05) is 0 Å². The monoisotopic (exact) mass is 271 g/mol. The van der Waals surface area contributed by atoms with Crippen molar-refractivity contribution < 1.29 is 14.7 Å². The number of carboxylic acids is 1. The van der Waals surface area contributed by atoms with Crippen LogP contribution in [-0.4, -0.2) is 45.9 Å². The molecule has 7 heteroatoms. The molecule has 1 aromatic rings. The average Bonchev–Trinajstić information content (AvgIpc) is 2.69. The number of hydrogen-bond acceptors (Lipinski definition) is 5. The predicted octanol–water partition coefficient (Wildman–Crippen LogP) is 1.43. The second-order valence-electron chi connectivity index (χ2n) is 3.70. The Morgan fingerprint density at radius 2 is 2.00 bits per heavy atom. The number of anilines is 1. The Morgan fingerprint density at radius 3 is 2.50 bits per heavy atom. The van der Waals surface area contributed by atoms with Gasteiger partial charge in [-0.25, -0.2) is 4.79 Å². The van der Waals surface area contributed by atoms with Crippen LogP contribution in [0, 0.1) is 6.92 Å². The standard InChI is InChI=1S/C11H17N3O3S/c1-4-14(5-2)8(15)6-12-10-9(11(16)17)7(3)13-18-10/h12H,4-6H2,1-3H3,(H,16,17). The number of nitrogens with one attached hydrogen (secondary N) is 1. The summed E-state index contributed by atoms with van der Waals surface area (Å²) in [5, 5.41) is 12.3. The van der Waals surface area contributed by atoms with Gasteiger partial charge in [0.25, 0.3) is 0 Å². The Balaban J connectivity index is 2.69. The number of carbonyl (C=O) groups is 2. The Hall–Kier alpha value is -1.63. The smallest absolute Gasteiger partial charge is 0.340 e. The summed E-state index contributed by atoms with van der Waals surface area (Å²) in [5.74, 6) is -1.08. The minimum absolute atomic E-state index is 0.0533. The molecule has 0 saturated carbocycles. The van der Waals surface area contributed by atoms with Crippen LogP contribution in [0.4, 0.5) is 5.00 Å². The average molecular weight is 271 g/mol. The van der Waals surface area contributed by atoms with Gasteiger partial charge in [0, 0.05) is 13.1 Å². The zero-order chi connectivity index (χ0) is 13.7. The van der Waals surface area contributed by atoms with Gasteiger partial charge in [0.2, 0.25) is 5.91 Å². The van der Waals surface area contributed by atoms with Crippen LogP contribution in [-0.2, 0) is 4.79 Å². The molecular weight excluding hydrogens is 254 g/mol. The van der Waals surface area contributed by atoms with E-state index in [2.05, 4.69) is 9.69 Å². The minimum Gasteiger partial charge on any atom is -0.478 e. The van der Waals surface area contributed by atoms with Crippen LogP contribution >= 0.6 is 11.5 Å². The number of aryl methyl sites for hydroxylation is 1. The maximum absolute atomic E-state index is 11.8. The number of hydrogen-bond donors (Lipinski definition) is 2. The summed E-state index contributed by atoms with van der Waals surface area (Å²) < 4.78 is 3.97. The number of aromatic nitrogens is 1. The zero-order valence-electron chi connectivity index (χ0n) is 10.7. The van der Waals surface area contributed by atoms with E-state index in [1.54, 1.807) is 11.8 Å². The molecule has 0 bridgehead atoms. The maximum Gasteiger partial charge on any atom is 0.340 e. The van der Waals surface area contributed by atoms with Crippen molar-refractivity contribution in [3.8, 4) is 0 Å². The topological polar surface area (TPSA) is 82.5 Å². The first-order valence-corrected chi connectivity index (χ1v) is 6.49. The van der Waals surface area contributed by atoms with Crippen LogP contribution in [0.3, 0.4) is 0 Å². The highest BCUT2D eigenvalue weighted by molar-refractivity contribution is 7.10. The normalized spacial score (nSPS) is 10.2. The molecule has 0 radical (unpaired) electrons. The van der Waals surface area contributed by atoms with Crippen LogP contribution < -0.4 is 5.32 Å². The summed E-state index contributed by atoms with van der Waals surface area (Å²) in [5.41, 5.74) is 0.609. The van der Waals surface area contributed by atoms with E-state index in [0.717, 1.165) is 11.5 Å². The molecule has 0 aromatic carbocycles. The fourth-order valence-corrected chi connectivity index (χ4v) is 2.37. The van der Waals surface area contributed by atoms with Gasteiger partial charge in [-0.05, 0) is 32.3 Å². The first kappa shape index (κ1) is 14.4. The van der Waals surface area contributed by atoms with Gasteiger partial charge in [0.1, 0.15) is 10.6 Å². The molecule has 1 aromatic heterocycles. The van der Waals surface area contributed by atoms with E-state index in [0.29, 0.717) is 23.8 Å². The van der Waals surface area contributed by atoms with Crippen molar-refractivity contribution in [1.29, 1.82) is 0 Å². The van der Waals surface area contributed by atoms with Crippen molar-refractivity contribution in [1.82, 2.24) is 9.27 Å². The number of aromatic carboxylic acids is 1. The van der Waals surface area contributed by atoms with Crippen molar-refractivity contribution >= 4 is 28.4 Å². The summed E-state index contributed by atoms with van der Waals surface area (Å²) >= 11 is 1.06. The number of rotatable bonds is 6. The van der Waals surface area contributed by atoms with Gasteiger partial charge in [0.05, 0.1) is 12.2 Å². The molecule has 0 aliphatic rings. The SMILES string of the molecule is CCN(CC)C(=O)CNc1snc(C)c1C(=O)O. The van der Waals surface area contributed by atoms with Crippen LogP contribution in [0.1, 0.15) is 29.9 Å². The number of amides is 1. The van der Waals surface area contributed by atoms with Gasteiger partial charge in [0.15, 0.2) is 0 Å². The van der Waals surface area contributed by atoms with Gasteiger partial charge < -0.3 is 15.3 Å². The molecule has 100 valence electrons. The van der Waals surface area contributed by atoms with E-state index < -0.39 is 5.97 Å². The second kappa shape index (κ2) is 6.34. The Morgan fingerprint density at radius 1 is 1.39 bits per heavy atom. The molecule has 1 rings (SSSR count). The lowest BCUT2D eigenvalue weighted by Gasteiger charge is -2.18. The quantitative estimate of drug-likeness (QED) is 0.818. The fourth-order valence-electron chi connectivity index (χ4n) is 1.59. The molecule has 1 amide bonds. The number of likely N-dealkylation sites (N-methyl/N-ethyl adjacent to an activating group) is 1. The molecule has 0 saturated heterocycles. The maximum atomic E-state index is 11.8. The highest BCUT2D eigenvalue weighted by Gasteiger charge is 2.18. The summed E-state index contributed by atoms with van der Waals surface area (Å²) in [7, 11) is 0. The van der Waals surface area contributed by atoms with E-state index in [9.17, 15) is 9.59 Å². The third kappa shape index (κ3) is 3.19.